The van der Waals surface area contributed by atoms with Crippen molar-refractivity contribution in [3.63, 3.8) is 0 Å². The first-order valence-corrected chi connectivity index (χ1v) is 8.27. The van der Waals surface area contributed by atoms with Gasteiger partial charge in [0.15, 0.2) is 0 Å². The zero-order chi connectivity index (χ0) is 16.9. The Morgan fingerprint density at radius 3 is 2.71 bits per heavy atom. The number of benzene rings is 1. The second-order valence-electron chi connectivity index (χ2n) is 6.00. The van der Waals surface area contributed by atoms with Crippen LogP contribution in [0.4, 0.5) is 5.69 Å². The summed E-state index contributed by atoms with van der Waals surface area (Å²) in [6, 6.07) is 6.92. The van der Waals surface area contributed by atoms with Crippen LogP contribution in [0.5, 0.6) is 0 Å². The lowest BCUT2D eigenvalue weighted by Gasteiger charge is -2.14. The Bertz CT molecular complexity index is 675. The number of carbonyl (C=O) groups excluding carboxylic acids is 1. The highest BCUT2D eigenvalue weighted by molar-refractivity contribution is 5.94. The van der Waals surface area contributed by atoms with E-state index in [2.05, 4.69) is 20.8 Å². The fraction of sp³-hybridized carbons (Fsp3) is 0.471. The minimum absolute atomic E-state index is 0.0606. The third-order valence-corrected chi connectivity index (χ3v) is 4.05. The summed E-state index contributed by atoms with van der Waals surface area (Å²) in [7, 11) is 0. The molecule has 0 saturated heterocycles. The standard InChI is InChI=1S/C17H22N4O3/c1-2-13(10-22)19-16(23)11-5-7-14(8-6-11)18-9-15-20-21-17(24-15)12-3-4-12/h5-8,12-13,18,22H,2-4,9-10H2,1H3,(H,19,23). The minimum Gasteiger partial charge on any atom is -0.423 e. The molecule has 1 aliphatic carbocycles. The number of carbonyl (C=O) groups is 1. The summed E-state index contributed by atoms with van der Waals surface area (Å²) in [5.41, 5.74) is 1.42. The number of amides is 1. The first-order valence-electron chi connectivity index (χ1n) is 8.27. The van der Waals surface area contributed by atoms with Crippen molar-refractivity contribution in [1.29, 1.82) is 0 Å². The van der Waals surface area contributed by atoms with Crippen molar-refractivity contribution in [2.45, 2.75) is 44.7 Å². The Morgan fingerprint density at radius 1 is 1.33 bits per heavy atom. The van der Waals surface area contributed by atoms with Gasteiger partial charge in [-0.15, -0.1) is 10.2 Å². The van der Waals surface area contributed by atoms with Gasteiger partial charge in [0, 0.05) is 17.2 Å². The van der Waals surface area contributed by atoms with E-state index < -0.39 is 0 Å². The van der Waals surface area contributed by atoms with E-state index in [1.807, 2.05) is 19.1 Å². The number of nitrogens with one attached hydrogen (secondary N) is 2. The fourth-order valence-corrected chi connectivity index (χ4v) is 2.30. The van der Waals surface area contributed by atoms with Crippen LogP contribution in [0.15, 0.2) is 28.7 Å². The molecule has 3 N–H and O–H groups in total. The summed E-state index contributed by atoms with van der Waals surface area (Å²) < 4.78 is 5.59. The molecule has 1 heterocycles. The largest absolute Gasteiger partial charge is 0.423 e. The predicted octanol–water partition coefficient (Wildman–Crippen LogP) is 2.06. The maximum absolute atomic E-state index is 12.1. The second kappa shape index (κ2) is 7.44. The maximum Gasteiger partial charge on any atom is 0.251 e. The van der Waals surface area contributed by atoms with E-state index in [1.165, 1.54) is 0 Å². The smallest absolute Gasteiger partial charge is 0.251 e. The average molecular weight is 330 g/mol. The van der Waals surface area contributed by atoms with Gasteiger partial charge in [-0.2, -0.15) is 0 Å². The van der Waals surface area contributed by atoms with Gasteiger partial charge >= 0.3 is 0 Å². The van der Waals surface area contributed by atoms with Gasteiger partial charge in [0.25, 0.3) is 5.91 Å². The Kier molecular flexibility index (Phi) is 5.10. The molecule has 0 bridgehead atoms. The van der Waals surface area contributed by atoms with Crippen LogP contribution in [0.25, 0.3) is 0 Å². The van der Waals surface area contributed by atoms with Gasteiger partial charge in [0.1, 0.15) is 0 Å². The van der Waals surface area contributed by atoms with Gasteiger partial charge in [-0.25, -0.2) is 0 Å². The molecule has 3 rings (SSSR count). The Hall–Kier alpha value is -2.41. The van der Waals surface area contributed by atoms with Crippen LogP contribution in [0.3, 0.4) is 0 Å². The first kappa shape index (κ1) is 16.4. The Morgan fingerprint density at radius 2 is 2.08 bits per heavy atom. The summed E-state index contributed by atoms with van der Waals surface area (Å²) in [5, 5.41) is 23.2. The zero-order valence-corrected chi connectivity index (χ0v) is 13.7. The first-order chi connectivity index (χ1) is 11.7. The Balaban J connectivity index is 1.52. The third-order valence-electron chi connectivity index (χ3n) is 4.05. The number of aliphatic hydroxyl groups excluding tert-OH is 1. The third kappa shape index (κ3) is 4.11. The van der Waals surface area contributed by atoms with Crippen molar-refractivity contribution < 1.29 is 14.3 Å². The minimum atomic E-state index is -0.214. The monoisotopic (exact) mass is 330 g/mol. The van der Waals surface area contributed by atoms with Crippen molar-refractivity contribution in [1.82, 2.24) is 15.5 Å². The molecule has 1 aliphatic rings. The molecule has 1 fully saturated rings. The molecule has 1 atom stereocenters. The van der Waals surface area contributed by atoms with Gasteiger partial charge in [0.2, 0.25) is 11.8 Å². The van der Waals surface area contributed by atoms with Gasteiger partial charge in [-0.05, 0) is 43.5 Å². The van der Waals surface area contributed by atoms with E-state index in [0.717, 1.165) is 24.4 Å². The topological polar surface area (TPSA) is 100 Å². The molecule has 0 spiro atoms. The number of rotatable bonds is 8. The van der Waals surface area contributed by atoms with E-state index >= 15 is 0 Å². The number of nitrogens with zero attached hydrogens (tertiary/aromatic N) is 2. The number of aliphatic hydroxyl groups is 1. The van der Waals surface area contributed by atoms with Crippen LogP contribution in [-0.4, -0.2) is 33.9 Å². The number of hydrogen-bond acceptors (Lipinski definition) is 6. The summed E-state index contributed by atoms with van der Waals surface area (Å²) in [5.74, 6) is 1.56. The van der Waals surface area contributed by atoms with Crippen LogP contribution in [-0.2, 0) is 6.54 Å². The quantitative estimate of drug-likeness (QED) is 0.685. The van der Waals surface area contributed by atoms with Crippen LogP contribution in [0.1, 0.15) is 54.2 Å². The second-order valence-corrected chi connectivity index (χ2v) is 6.00. The molecule has 1 saturated carbocycles. The van der Waals surface area contributed by atoms with Crippen molar-refractivity contribution in [2.24, 2.45) is 0 Å². The zero-order valence-electron chi connectivity index (χ0n) is 13.7. The number of aromatic nitrogens is 2. The molecule has 128 valence electrons. The molecular weight excluding hydrogens is 308 g/mol. The lowest BCUT2D eigenvalue weighted by atomic mass is 10.1. The molecule has 0 aliphatic heterocycles. The number of hydrogen-bond donors (Lipinski definition) is 3. The van der Waals surface area contributed by atoms with Crippen molar-refractivity contribution in [3.05, 3.63) is 41.6 Å². The van der Waals surface area contributed by atoms with E-state index in [-0.39, 0.29) is 18.6 Å². The Labute approximate surface area is 140 Å². The molecule has 1 aromatic carbocycles. The van der Waals surface area contributed by atoms with Crippen LogP contribution >= 0.6 is 0 Å². The van der Waals surface area contributed by atoms with Crippen LogP contribution in [0.2, 0.25) is 0 Å². The molecule has 1 amide bonds. The molecular formula is C17H22N4O3. The SMILES string of the molecule is CCC(CO)NC(=O)c1ccc(NCc2nnc(C3CC3)o2)cc1. The highest BCUT2D eigenvalue weighted by Gasteiger charge is 2.29. The summed E-state index contributed by atoms with van der Waals surface area (Å²) in [6.45, 7) is 2.31. The van der Waals surface area contributed by atoms with Crippen molar-refractivity contribution >= 4 is 11.6 Å². The summed E-state index contributed by atoms with van der Waals surface area (Å²) >= 11 is 0. The molecule has 2 aromatic rings. The molecule has 24 heavy (non-hydrogen) atoms. The average Bonchev–Trinajstić information content (AvgIpc) is 3.36. The molecule has 7 nitrogen and oxygen atoms in total. The van der Waals surface area contributed by atoms with E-state index in [1.54, 1.807) is 12.1 Å². The lowest BCUT2D eigenvalue weighted by Crippen LogP contribution is -2.36. The normalized spacial score (nSPS) is 15.1. The van der Waals surface area contributed by atoms with Crippen molar-refractivity contribution in [2.75, 3.05) is 11.9 Å². The van der Waals surface area contributed by atoms with E-state index in [9.17, 15) is 4.79 Å². The highest BCUT2D eigenvalue weighted by Crippen LogP contribution is 2.39. The maximum atomic E-state index is 12.1. The van der Waals surface area contributed by atoms with Gasteiger partial charge in [-0.1, -0.05) is 6.92 Å². The molecule has 1 unspecified atom stereocenters. The van der Waals surface area contributed by atoms with Gasteiger partial charge in [0.05, 0.1) is 19.2 Å². The molecule has 0 radical (unpaired) electrons. The van der Waals surface area contributed by atoms with E-state index in [0.29, 0.717) is 30.3 Å². The lowest BCUT2D eigenvalue weighted by molar-refractivity contribution is 0.0915. The summed E-state index contributed by atoms with van der Waals surface area (Å²) in [6.07, 6.45) is 2.95. The van der Waals surface area contributed by atoms with Crippen molar-refractivity contribution in [3.8, 4) is 0 Å². The highest BCUT2D eigenvalue weighted by atomic mass is 16.4. The van der Waals surface area contributed by atoms with Crippen LogP contribution in [0, 0.1) is 0 Å². The number of anilines is 1. The van der Waals surface area contributed by atoms with E-state index in [4.69, 9.17) is 9.52 Å². The van der Waals surface area contributed by atoms with Gasteiger partial charge < -0.3 is 20.2 Å². The fourth-order valence-electron chi connectivity index (χ4n) is 2.30. The predicted molar refractivity (Wildman–Crippen MR) is 88.7 cm³/mol. The molecule has 1 aromatic heterocycles. The molecule has 7 heteroatoms. The van der Waals surface area contributed by atoms with Crippen LogP contribution < -0.4 is 10.6 Å². The van der Waals surface area contributed by atoms with Gasteiger partial charge in [-0.3, -0.25) is 4.79 Å². The summed E-state index contributed by atoms with van der Waals surface area (Å²) in [4.78, 5) is 12.1.